The van der Waals surface area contributed by atoms with Crippen LogP contribution in [0.3, 0.4) is 0 Å². The molecule has 0 aromatic heterocycles. The van der Waals surface area contributed by atoms with Crippen LogP contribution in [0.5, 0.6) is 0 Å². The van der Waals surface area contributed by atoms with E-state index in [1.165, 1.54) is 0 Å². The van der Waals surface area contributed by atoms with Crippen molar-refractivity contribution in [3.8, 4) is 0 Å². The standard InChI is InChI=1S/C66H105O11P/c1-4-7-10-13-16-19-22-25-27-29-31-33-35-38-41-44-47-50-53-56-65(69)76-62(58-67)60-74-78(71,72)75-61-63(59-73-64(68)55-52-49-46-43-40-37-24-21-18-15-12-9-6-3)77-66(70)57-54-51-48-45-42-39-36-34-32-30-28-26-23-20-17-14-11-8-5-2/h7-12,16-21,25-28,31-34,37,40,46,49,62-63,67H,4-6,13-15,22-24,29-30,35-36,38-39,41-45,47-48,50-61H2,1-3H3,(H,71,72)/b10-7-,11-8-,12-9-,19-16-,20-17-,21-18-,27-25-,28-26-,33-31-,34-32-,40-37-,49-46-. The number of aliphatic hydroxyl groups excluding tert-OH is 1. The van der Waals surface area contributed by atoms with Crippen molar-refractivity contribution in [2.45, 2.75) is 226 Å². The average Bonchev–Trinajstić information content (AvgIpc) is 3.43. The van der Waals surface area contributed by atoms with E-state index in [0.717, 1.165) is 154 Å². The molecule has 0 fully saturated rings. The molecule has 0 radical (unpaired) electrons. The van der Waals surface area contributed by atoms with E-state index >= 15 is 0 Å². The van der Waals surface area contributed by atoms with Gasteiger partial charge in [0.1, 0.15) is 12.7 Å². The van der Waals surface area contributed by atoms with Crippen LogP contribution >= 0.6 is 7.82 Å². The van der Waals surface area contributed by atoms with Crippen LogP contribution in [0.4, 0.5) is 0 Å². The molecular formula is C66H105O11P. The largest absolute Gasteiger partial charge is 0.472 e. The molecule has 0 saturated heterocycles. The number of ether oxygens (including phenoxy) is 3. The number of carbonyl (C=O) groups excluding carboxylic acids is 3. The third-order valence-corrected chi connectivity index (χ3v) is 12.7. The Balaban J connectivity index is 4.79. The van der Waals surface area contributed by atoms with Crippen LogP contribution < -0.4 is 0 Å². The number of esters is 3. The molecule has 0 spiro atoms. The van der Waals surface area contributed by atoms with Crippen molar-refractivity contribution in [1.29, 1.82) is 0 Å². The van der Waals surface area contributed by atoms with E-state index in [0.29, 0.717) is 19.3 Å². The highest BCUT2D eigenvalue weighted by Crippen LogP contribution is 2.43. The molecule has 440 valence electrons. The van der Waals surface area contributed by atoms with E-state index in [4.69, 9.17) is 23.3 Å². The van der Waals surface area contributed by atoms with Crippen molar-refractivity contribution < 1.29 is 52.2 Å². The second kappa shape index (κ2) is 58.5. The quantitative estimate of drug-likeness (QED) is 0.0197. The van der Waals surface area contributed by atoms with E-state index < -0.39 is 57.8 Å². The molecule has 0 amide bonds. The fourth-order valence-electron chi connectivity index (χ4n) is 7.35. The van der Waals surface area contributed by atoms with Crippen LogP contribution in [0, 0.1) is 0 Å². The number of rotatable bonds is 53. The van der Waals surface area contributed by atoms with Crippen LogP contribution in [0.2, 0.25) is 0 Å². The van der Waals surface area contributed by atoms with Crippen molar-refractivity contribution >= 4 is 25.7 Å². The lowest BCUT2D eigenvalue weighted by atomic mass is 10.1. The fourth-order valence-corrected chi connectivity index (χ4v) is 8.13. The summed E-state index contributed by atoms with van der Waals surface area (Å²) in [6, 6.07) is 0. The fraction of sp³-hybridized carbons (Fsp3) is 0.591. The van der Waals surface area contributed by atoms with Gasteiger partial charge < -0.3 is 24.2 Å². The highest BCUT2D eigenvalue weighted by molar-refractivity contribution is 7.47. The molecule has 0 saturated carbocycles. The summed E-state index contributed by atoms with van der Waals surface area (Å²) in [4.78, 5) is 48.6. The zero-order valence-electron chi connectivity index (χ0n) is 48.6. The Morgan fingerprint density at radius 1 is 0.359 bits per heavy atom. The zero-order chi connectivity index (χ0) is 56.9. The van der Waals surface area contributed by atoms with Crippen molar-refractivity contribution in [3.05, 3.63) is 146 Å². The molecule has 11 nitrogen and oxygen atoms in total. The van der Waals surface area contributed by atoms with Gasteiger partial charge in [0, 0.05) is 19.3 Å². The molecule has 0 aliphatic carbocycles. The van der Waals surface area contributed by atoms with Crippen LogP contribution in [-0.2, 0) is 42.2 Å². The minimum atomic E-state index is -4.78. The number of allylic oxidation sites excluding steroid dienone is 24. The van der Waals surface area contributed by atoms with Gasteiger partial charge >= 0.3 is 25.7 Å². The Bertz CT molecular complexity index is 1860. The van der Waals surface area contributed by atoms with Gasteiger partial charge in [-0.25, -0.2) is 4.57 Å². The summed E-state index contributed by atoms with van der Waals surface area (Å²) < 4.78 is 39.5. The second-order valence-electron chi connectivity index (χ2n) is 19.0. The van der Waals surface area contributed by atoms with Gasteiger partial charge in [0.05, 0.1) is 19.8 Å². The third-order valence-electron chi connectivity index (χ3n) is 11.8. The summed E-state index contributed by atoms with van der Waals surface area (Å²) in [6.07, 6.45) is 75.3. The maximum absolute atomic E-state index is 12.9. The van der Waals surface area contributed by atoms with E-state index in [9.17, 15) is 28.9 Å². The summed E-state index contributed by atoms with van der Waals surface area (Å²) in [5.74, 6) is -1.61. The SMILES string of the molecule is CC/C=C\C/C=C\C/C=C\C/C=C\CCCCCCCCC(=O)OC(CO)COP(=O)(O)OCC(COC(=O)CC/C=C\C/C=C\C/C=C\C/C=C\CC)OC(=O)CCCCCCCC/C=C\C/C=C\C/C=C\C/C=C\CC. The van der Waals surface area contributed by atoms with E-state index in [1.54, 1.807) is 0 Å². The van der Waals surface area contributed by atoms with Crippen LogP contribution in [0.15, 0.2) is 146 Å². The topological polar surface area (TPSA) is 155 Å². The maximum Gasteiger partial charge on any atom is 0.472 e. The number of phosphoric ester groups is 1. The molecule has 0 aliphatic rings. The predicted molar refractivity (Wildman–Crippen MR) is 325 cm³/mol. The normalized spacial score (nSPS) is 14.4. The predicted octanol–water partition coefficient (Wildman–Crippen LogP) is 17.9. The molecule has 78 heavy (non-hydrogen) atoms. The molecular weight excluding hydrogens is 1000 g/mol. The number of phosphoric acid groups is 1. The summed E-state index contributed by atoms with van der Waals surface area (Å²) >= 11 is 0. The number of unbranched alkanes of at least 4 members (excludes halogenated alkanes) is 12. The summed E-state index contributed by atoms with van der Waals surface area (Å²) in [6.45, 7) is 4.17. The van der Waals surface area contributed by atoms with Crippen LogP contribution in [0.1, 0.15) is 213 Å². The Morgan fingerprint density at radius 3 is 1.01 bits per heavy atom. The first-order valence-corrected chi connectivity index (χ1v) is 31.2. The van der Waals surface area contributed by atoms with Crippen LogP contribution in [0.25, 0.3) is 0 Å². The molecule has 0 aromatic rings. The Kier molecular flexibility index (Phi) is 55.0. The lowest BCUT2D eigenvalue weighted by Crippen LogP contribution is -2.30. The van der Waals surface area contributed by atoms with Gasteiger partial charge in [-0.1, -0.05) is 218 Å². The number of hydrogen-bond donors (Lipinski definition) is 2. The van der Waals surface area contributed by atoms with E-state index in [-0.39, 0.29) is 25.9 Å². The number of aliphatic hydroxyl groups is 1. The minimum Gasteiger partial charge on any atom is -0.462 e. The van der Waals surface area contributed by atoms with Gasteiger partial charge in [-0.05, 0) is 122 Å². The minimum absolute atomic E-state index is 0.0931. The van der Waals surface area contributed by atoms with Gasteiger partial charge in [-0.2, -0.15) is 0 Å². The summed E-state index contributed by atoms with van der Waals surface area (Å²) in [7, 11) is -4.78. The van der Waals surface area contributed by atoms with Gasteiger partial charge in [-0.3, -0.25) is 23.4 Å². The van der Waals surface area contributed by atoms with E-state index in [2.05, 4.69) is 154 Å². The first-order chi connectivity index (χ1) is 38.2. The van der Waals surface area contributed by atoms with Gasteiger partial charge in [0.25, 0.3) is 0 Å². The smallest absolute Gasteiger partial charge is 0.462 e. The molecule has 0 bridgehead atoms. The monoisotopic (exact) mass is 1100 g/mol. The lowest BCUT2D eigenvalue weighted by Gasteiger charge is -2.21. The average molecular weight is 1110 g/mol. The summed E-state index contributed by atoms with van der Waals surface area (Å²) in [5, 5.41) is 9.84. The first kappa shape index (κ1) is 73.4. The Labute approximate surface area is 473 Å². The molecule has 2 N–H and O–H groups in total. The van der Waals surface area contributed by atoms with Crippen molar-refractivity contribution in [1.82, 2.24) is 0 Å². The molecule has 0 heterocycles. The van der Waals surface area contributed by atoms with Gasteiger partial charge in [0.15, 0.2) is 6.10 Å². The second-order valence-corrected chi connectivity index (χ2v) is 20.5. The van der Waals surface area contributed by atoms with Gasteiger partial charge in [-0.15, -0.1) is 0 Å². The highest BCUT2D eigenvalue weighted by atomic mass is 31.2. The highest BCUT2D eigenvalue weighted by Gasteiger charge is 2.28. The van der Waals surface area contributed by atoms with Crippen molar-refractivity contribution in [3.63, 3.8) is 0 Å². The third kappa shape index (κ3) is 56.1. The molecule has 3 unspecified atom stereocenters. The van der Waals surface area contributed by atoms with Crippen molar-refractivity contribution in [2.75, 3.05) is 26.4 Å². The summed E-state index contributed by atoms with van der Waals surface area (Å²) in [5.41, 5.74) is 0. The molecule has 0 aliphatic heterocycles. The first-order valence-electron chi connectivity index (χ1n) is 29.7. The van der Waals surface area contributed by atoms with Gasteiger partial charge in [0.2, 0.25) is 0 Å². The molecule has 3 atom stereocenters. The maximum atomic E-state index is 12.9. The lowest BCUT2D eigenvalue weighted by molar-refractivity contribution is -0.161. The zero-order valence-corrected chi connectivity index (χ0v) is 49.5. The molecule has 12 heteroatoms. The molecule has 0 rings (SSSR count). The molecule has 0 aromatic carbocycles. The number of carbonyl (C=O) groups is 3. The van der Waals surface area contributed by atoms with Crippen molar-refractivity contribution in [2.24, 2.45) is 0 Å². The van der Waals surface area contributed by atoms with Crippen LogP contribution in [-0.4, -0.2) is 66.5 Å². The van der Waals surface area contributed by atoms with E-state index in [1.807, 2.05) is 12.2 Å². The number of hydrogen-bond acceptors (Lipinski definition) is 10. The Morgan fingerprint density at radius 2 is 0.654 bits per heavy atom. The Hall–Kier alpha value is -4.64.